The summed E-state index contributed by atoms with van der Waals surface area (Å²) in [6.07, 6.45) is -0.238. The minimum Gasteiger partial charge on any atom is -0.360 e. The number of pyridine rings is 1. The van der Waals surface area contributed by atoms with Crippen molar-refractivity contribution in [3.8, 4) is 0 Å². The second-order valence-electron chi connectivity index (χ2n) is 8.26. The SMILES string of the molecule is CC.CCC.CCCc1cccc(F)c1C.CN=C1NC(c2ccccc2C(F)(F)F)Nc2cccnc21. The highest BCUT2D eigenvalue weighted by molar-refractivity contribution is 6.03. The zero-order valence-corrected chi connectivity index (χ0v) is 23.4. The molecule has 208 valence electrons. The van der Waals surface area contributed by atoms with Crippen LogP contribution in [0.5, 0.6) is 0 Å². The van der Waals surface area contributed by atoms with Gasteiger partial charge in [0.15, 0.2) is 5.84 Å². The maximum absolute atomic E-state index is 13.2. The molecule has 4 nitrogen and oxygen atoms in total. The molecule has 4 rings (SSSR count). The molecule has 2 heterocycles. The fourth-order valence-electron chi connectivity index (χ4n) is 3.63. The first-order valence-electron chi connectivity index (χ1n) is 13.0. The molecular formula is C30H40F4N4. The standard InChI is InChI=1S/C15H13F3N4.C10H13F.C3H8.C2H6/c1-19-14-12-11(7-4-8-20-12)21-13(22-14)9-5-2-3-6-10(9)15(16,17)18;1-3-5-9-6-4-7-10(11)8(9)2;1-3-2;1-2/h2-8,13,21H,1H3,(H,19,22);4,6-7H,3,5H2,1-2H3;3H2,1-2H3;1-2H3. The summed E-state index contributed by atoms with van der Waals surface area (Å²) in [6, 6.07) is 14.2. The summed E-state index contributed by atoms with van der Waals surface area (Å²) in [4.78, 5) is 8.27. The van der Waals surface area contributed by atoms with Gasteiger partial charge in [-0.3, -0.25) is 9.98 Å². The summed E-state index contributed by atoms with van der Waals surface area (Å²) in [6.45, 7) is 12.2. The number of hydrogen-bond acceptors (Lipinski definition) is 3. The van der Waals surface area contributed by atoms with Crippen molar-refractivity contribution < 1.29 is 17.6 Å². The van der Waals surface area contributed by atoms with Crippen molar-refractivity contribution in [1.82, 2.24) is 10.3 Å². The van der Waals surface area contributed by atoms with Crippen molar-refractivity contribution in [2.75, 3.05) is 12.4 Å². The van der Waals surface area contributed by atoms with Gasteiger partial charge in [-0.05, 0) is 48.7 Å². The maximum Gasteiger partial charge on any atom is 0.416 e. The molecule has 0 amide bonds. The molecule has 1 aliphatic rings. The second-order valence-corrected chi connectivity index (χ2v) is 8.26. The molecule has 2 N–H and O–H groups in total. The molecule has 0 spiro atoms. The molecule has 0 saturated heterocycles. The van der Waals surface area contributed by atoms with Crippen LogP contribution in [0.15, 0.2) is 65.8 Å². The van der Waals surface area contributed by atoms with Crippen LogP contribution in [-0.4, -0.2) is 17.9 Å². The van der Waals surface area contributed by atoms with E-state index in [-0.39, 0.29) is 11.4 Å². The molecule has 3 aromatic rings. The number of aryl methyl sites for hydroxylation is 1. The molecule has 0 fully saturated rings. The van der Waals surface area contributed by atoms with Crippen LogP contribution >= 0.6 is 0 Å². The number of hydrogen-bond donors (Lipinski definition) is 2. The van der Waals surface area contributed by atoms with Crippen LogP contribution in [0.1, 0.15) is 81.6 Å². The van der Waals surface area contributed by atoms with E-state index in [4.69, 9.17) is 0 Å². The van der Waals surface area contributed by atoms with Crippen molar-refractivity contribution in [1.29, 1.82) is 0 Å². The Labute approximate surface area is 224 Å². The third-order valence-corrected chi connectivity index (χ3v) is 5.31. The highest BCUT2D eigenvalue weighted by Crippen LogP contribution is 2.36. The van der Waals surface area contributed by atoms with Gasteiger partial charge in [0.25, 0.3) is 0 Å². The topological polar surface area (TPSA) is 49.3 Å². The van der Waals surface area contributed by atoms with Crippen molar-refractivity contribution in [3.05, 3.63) is 94.6 Å². The molecule has 8 heteroatoms. The number of amidine groups is 1. The molecule has 1 atom stereocenters. The van der Waals surface area contributed by atoms with Crippen LogP contribution in [0.3, 0.4) is 0 Å². The third kappa shape index (κ3) is 9.15. The van der Waals surface area contributed by atoms with Gasteiger partial charge < -0.3 is 10.6 Å². The highest BCUT2D eigenvalue weighted by atomic mass is 19.4. The maximum atomic E-state index is 13.2. The molecular weight excluding hydrogens is 492 g/mol. The smallest absolute Gasteiger partial charge is 0.360 e. The van der Waals surface area contributed by atoms with E-state index in [2.05, 4.69) is 41.4 Å². The van der Waals surface area contributed by atoms with E-state index in [1.807, 2.05) is 26.8 Å². The molecule has 2 aromatic carbocycles. The lowest BCUT2D eigenvalue weighted by atomic mass is 10.0. The molecule has 0 saturated carbocycles. The first kappa shape index (κ1) is 32.6. The third-order valence-electron chi connectivity index (χ3n) is 5.31. The number of nitrogens with one attached hydrogen (secondary N) is 2. The summed E-state index contributed by atoms with van der Waals surface area (Å²) in [5.41, 5.74) is 2.60. The zero-order chi connectivity index (χ0) is 28.7. The summed E-state index contributed by atoms with van der Waals surface area (Å²) in [5.74, 6) is 0.368. The van der Waals surface area contributed by atoms with Gasteiger partial charge in [-0.25, -0.2) is 4.39 Å². The number of benzene rings is 2. The molecule has 38 heavy (non-hydrogen) atoms. The Balaban J connectivity index is 0.000000379. The Morgan fingerprint density at radius 1 is 0.921 bits per heavy atom. The second kappa shape index (κ2) is 16.4. The molecule has 0 bridgehead atoms. The minimum absolute atomic E-state index is 0.0871. The number of anilines is 1. The lowest BCUT2D eigenvalue weighted by Gasteiger charge is -2.31. The van der Waals surface area contributed by atoms with Gasteiger partial charge in [0, 0.05) is 18.8 Å². The van der Waals surface area contributed by atoms with E-state index >= 15 is 0 Å². The number of nitrogens with zero attached hydrogens (tertiary/aromatic N) is 2. The van der Waals surface area contributed by atoms with Gasteiger partial charge in [-0.2, -0.15) is 13.2 Å². The van der Waals surface area contributed by atoms with Gasteiger partial charge in [-0.1, -0.05) is 77.8 Å². The Kier molecular flexibility index (Phi) is 14.1. The Bertz CT molecular complexity index is 1140. The van der Waals surface area contributed by atoms with Crippen LogP contribution in [-0.2, 0) is 12.6 Å². The molecule has 0 radical (unpaired) electrons. The van der Waals surface area contributed by atoms with E-state index in [0.717, 1.165) is 30.0 Å². The lowest BCUT2D eigenvalue weighted by molar-refractivity contribution is -0.138. The normalized spacial score (nSPS) is 14.7. The quantitative estimate of drug-likeness (QED) is 0.332. The number of alkyl halides is 3. The Hall–Kier alpha value is -3.42. The molecule has 1 aromatic heterocycles. The van der Waals surface area contributed by atoms with Crippen LogP contribution in [0.2, 0.25) is 0 Å². The van der Waals surface area contributed by atoms with Crippen molar-refractivity contribution in [2.45, 2.75) is 73.1 Å². The fourth-order valence-corrected chi connectivity index (χ4v) is 3.63. The van der Waals surface area contributed by atoms with E-state index in [1.165, 1.54) is 24.6 Å². The van der Waals surface area contributed by atoms with Crippen LogP contribution < -0.4 is 10.6 Å². The van der Waals surface area contributed by atoms with Crippen molar-refractivity contribution >= 4 is 11.5 Å². The lowest BCUT2D eigenvalue weighted by Crippen LogP contribution is -2.40. The predicted molar refractivity (Wildman–Crippen MR) is 150 cm³/mol. The van der Waals surface area contributed by atoms with E-state index in [0.29, 0.717) is 17.2 Å². The van der Waals surface area contributed by atoms with Crippen molar-refractivity contribution in [3.63, 3.8) is 0 Å². The van der Waals surface area contributed by atoms with Crippen LogP contribution in [0.25, 0.3) is 0 Å². The molecule has 0 aliphatic carbocycles. The summed E-state index contributed by atoms with van der Waals surface area (Å²) in [5, 5.41) is 6.00. The number of halogens is 4. The predicted octanol–water partition coefficient (Wildman–Crippen LogP) is 8.72. The minimum atomic E-state index is -4.42. The highest BCUT2D eigenvalue weighted by Gasteiger charge is 2.36. The van der Waals surface area contributed by atoms with Crippen molar-refractivity contribution in [2.24, 2.45) is 4.99 Å². The van der Waals surface area contributed by atoms with Gasteiger partial charge in [0.1, 0.15) is 17.7 Å². The first-order valence-corrected chi connectivity index (χ1v) is 13.0. The van der Waals surface area contributed by atoms with E-state index < -0.39 is 17.9 Å². The number of fused-ring (bicyclic) bond motifs is 1. The number of aliphatic imine (C=N–C) groups is 1. The van der Waals surface area contributed by atoms with Gasteiger partial charge in [0.2, 0.25) is 0 Å². The number of rotatable bonds is 3. The van der Waals surface area contributed by atoms with Gasteiger partial charge in [0.05, 0.1) is 11.3 Å². The monoisotopic (exact) mass is 532 g/mol. The largest absolute Gasteiger partial charge is 0.416 e. The van der Waals surface area contributed by atoms with Crippen LogP contribution in [0, 0.1) is 12.7 Å². The average Bonchev–Trinajstić information content (AvgIpc) is 2.92. The summed E-state index contributed by atoms with van der Waals surface area (Å²) < 4.78 is 52.4. The Morgan fingerprint density at radius 2 is 1.58 bits per heavy atom. The molecule has 1 aliphatic heterocycles. The van der Waals surface area contributed by atoms with Gasteiger partial charge >= 0.3 is 6.18 Å². The summed E-state index contributed by atoms with van der Waals surface area (Å²) in [7, 11) is 1.57. The van der Waals surface area contributed by atoms with E-state index in [1.54, 1.807) is 37.5 Å². The average molecular weight is 533 g/mol. The van der Waals surface area contributed by atoms with Crippen LogP contribution in [0.4, 0.5) is 23.2 Å². The van der Waals surface area contributed by atoms with E-state index in [9.17, 15) is 17.6 Å². The van der Waals surface area contributed by atoms with Gasteiger partial charge in [-0.15, -0.1) is 0 Å². The zero-order valence-electron chi connectivity index (χ0n) is 23.4. The first-order chi connectivity index (χ1) is 18.2. The Morgan fingerprint density at radius 3 is 2.18 bits per heavy atom. The fraction of sp³-hybridized carbons (Fsp3) is 0.400. The number of aromatic nitrogens is 1. The molecule has 1 unspecified atom stereocenters. The summed E-state index contributed by atoms with van der Waals surface area (Å²) >= 11 is 0.